The van der Waals surface area contributed by atoms with Crippen LogP contribution < -0.4 is 9.47 Å². The van der Waals surface area contributed by atoms with Crippen LogP contribution in [0.2, 0.25) is 0 Å². The van der Waals surface area contributed by atoms with Gasteiger partial charge in [0, 0.05) is 17.6 Å². The van der Waals surface area contributed by atoms with Crippen LogP contribution in [-0.4, -0.2) is 30.6 Å². The lowest BCUT2D eigenvalue weighted by Gasteiger charge is -2.33. The van der Waals surface area contributed by atoms with E-state index in [2.05, 4.69) is 40.2 Å². The topological polar surface area (TPSA) is 38.8 Å². The molecule has 0 saturated heterocycles. The molecule has 0 atom stereocenters. The van der Waals surface area contributed by atoms with Gasteiger partial charge in [-0.1, -0.05) is 28.1 Å². The second kappa shape index (κ2) is 7.78. The highest BCUT2D eigenvalue weighted by Crippen LogP contribution is 2.50. The van der Waals surface area contributed by atoms with Crippen molar-refractivity contribution in [3.05, 3.63) is 57.6 Å². The molecule has 2 aromatic carbocycles. The first kappa shape index (κ1) is 19.3. The summed E-state index contributed by atoms with van der Waals surface area (Å²) in [5, 5.41) is 0. The number of amides is 1. The Bertz CT molecular complexity index is 874. The number of fused-ring (bicyclic) bond motifs is 1. The van der Waals surface area contributed by atoms with E-state index in [1.54, 1.807) is 0 Å². The lowest BCUT2D eigenvalue weighted by molar-refractivity contribution is -0.134. The quantitative estimate of drug-likeness (QED) is 0.639. The van der Waals surface area contributed by atoms with Crippen LogP contribution in [0.15, 0.2) is 40.9 Å². The Morgan fingerprint density at radius 2 is 1.64 bits per heavy atom. The van der Waals surface area contributed by atoms with E-state index in [1.165, 1.54) is 5.56 Å². The summed E-state index contributed by atoms with van der Waals surface area (Å²) in [7, 11) is 0. The first-order chi connectivity index (χ1) is 13.6. The van der Waals surface area contributed by atoms with Crippen molar-refractivity contribution in [2.75, 3.05) is 19.8 Å². The minimum absolute atomic E-state index is 0.257. The summed E-state index contributed by atoms with van der Waals surface area (Å²) in [6.45, 7) is 6.54. The maximum Gasteiger partial charge on any atom is 0.233 e. The van der Waals surface area contributed by atoms with Crippen LogP contribution in [0, 0.1) is 0 Å². The van der Waals surface area contributed by atoms with E-state index in [0.717, 1.165) is 52.9 Å². The molecule has 0 N–H and O–H groups in total. The average Bonchev–Trinajstić information content (AvgIpc) is 3.50. The normalized spacial score (nSPS) is 17.0. The minimum atomic E-state index is -0.327. The Morgan fingerprint density at radius 1 is 1.04 bits per heavy atom. The van der Waals surface area contributed by atoms with Crippen molar-refractivity contribution in [3.8, 4) is 11.5 Å². The molecule has 4 rings (SSSR count). The Hall–Kier alpha value is -2.01. The first-order valence-corrected chi connectivity index (χ1v) is 10.8. The lowest BCUT2D eigenvalue weighted by Crippen LogP contribution is -2.42. The molecule has 0 bridgehead atoms. The molecule has 28 heavy (non-hydrogen) atoms. The monoisotopic (exact) mass is 443 g/mol. The van der Waals surface area contributed by atoms with E-state index in [-0.39, 0.29) is 11.3 Å². The van der Waals surface area contributed by atoms with Gasteiger partial charge in [0.15, 0.2) is 11.5 Å². The van der Waals surface area contributed by atoms with Gasteiger partial charge in [0.1, 0.15) is 0 Å². The molecule has 1 aliphatic carbocycles. The van der Waals surface area contributed by atoms with E-state index >= 15 is 0 Å². The van der Waals surface area contributed by atoms with Crippen LogP contribution in [0.3, 0.4) is 0 Å². The van der Waals surface area contributed by atoms with Gasteiger partial charge in [0.2, 0.25) is 5.91 Å². The second-order valence-electron chi connectivity index (χ2n) is 7.50. The van der Waals surface area contributed by atoms with Crippen molar-refractivity contribution in [1.82, 2.24) is 4.90 Å². The fraction of sp³-hybridized carbons (Fsp3) is 0.435. The Kier molecular flexibility index (Phi) is 5.37. The standard InChI is InChI=1S/C23H26BrNO3/c1-3-27-20-13-16-9-12-25(15-17(16)14-21(20)28-4-2)22(26)23(10-11-23)18-5-7-19(24)8-6-18/h5-8,13-14H,3-4,9-12,15H2,1-2H3. The van der Waals surface area contributed by atoms with Crippen LogP contribution in [-0.2, 0) is 23.2 Å². The molecule has 4 nitrogen and oxygen atoms in total. The first-order valence-electron chi connectivity index (χ1n) is 10.0. The number of benzene rings is 2. The zero-order valence-electron chi connectivity index (χ0n) is 16.5. The van der Waals surface area contributed by atoms with Gasteiger partial charge in [-0.3, -0.25) is 4.79 Å². The molecule has 148 valence electrons. The third kappa shape index (κ3) is 3.52. The summed E-state index contributed by atoms with van der Waals surface area (Å²) < 4.78 is 12.6. The van der Waals surface area contributed by atoms with Crippen LogP contribution in [0.25, 0.3) is 0 Å². The Labute approximate surface area is 175 Å². The summed E-state index contributed by atoms with van der Waals surface area (Å²) in [6, 6.07) is 12.4. The molecule has 1 amide bonds. The van der Waals surface area contributed by atoms with E-state index in [4.69, 9.17) is 9.47 Å². The summed E-state index contributed by atoms with van der Waals surface area (Å²) in [5.41, 5.74) is 3.22. The van der Waals surface area contributed by atoms with Gasteiger partial charge < -0.3 is 14.4 Å². The minimum Gasteiger partial charge on any atom is -0.490 e. The number of halogens is 1. The van der Waals surface area contributed by atoms with Gasteiger partial charge >= 0.3 is 0 Å². The SMILES string of the molecule is CCOc1cc2c(cc1OCC)CN(C(=O)C1(c3ccc(Br)cc3)CC1)CC2. The van der Waals surface area contributed by atoms with Crippen molar-refractivity contribution in [2.24, 2.45) is 0 Å². The van der Waals surface area contributed by atoms with E-state index in [9.17, 15) is 4.79 Å². The molecule has 1 saturated carbocycles. The van der Waals surface area contributed by atoms with Crippen molar-refractivity contribution in [1.29, 1.82) is 0 Å². The number of hydrogen-bond acceptors (Lipinski definition) is 3. The molecular weight excluding hydrogens is 418 g/mol. The van der Waals surface area contributed by atoms with E-state index < -0.39 is 0 Å². The van der Waals surface area contributed by atoms with Gasteiger partial charge in [-0.2, -0.15) is 0 Å². The van der Waals surface area contributed by atoms with Crippen molar-refractivity contribution < 1.29 is 14.3 Å². The van der Waals surface area contributed by atoms with Crippen LogP contribution in [0.4, 0.5) is 0 Å². The van der Waals surface area contributed by atoms with Gasteiger partial charge in [-0.15, -0.1) is 0 Å². The zero-order chi connectivity index (χ0) is 19.7. The Balaban J connectivity index is 1.57. The van der Waals surface area contributed by atoms with E-state index in [0.29, 0.717) is 19.8 Å². The zero-order valence-corrected chi connectivity index (χ0v) is 18.0. The Morgan fingerprint density at radius 3 is 2.21 bits per heavy atom. The summed E-state index contributed by atoms with van der Waals surface area (Å²) in [4.78, 5) is 15.4. The number of nitrogens with zero attached hydrogens (tertiary/aromatic N) is 1. The third-order valence-corrected chi connectivity index (χ3v) is 6.25. The molecule has 0 unspecified atom stereocenters. The molecule has 2 aromatic rings. The number of ether oxygens (including phenoxy) is 2. The van der Waals surface area contributed by atoms with Crippen LogP contribution in [0.1, 0.15) is 43.4 Å². The number of carbonyl (C=O) groups excluding carboxylic acids is 1. The van der Waals surface area contributed by atoms with Gasteiger partial charge in [-0.25, -0.2) is 0 Å². The second-order valence-corrected chi connectivity index (χ2v) is 8.42. The molecule has 0 spiro atoms. The van der Waals surface area contributed by atoms with Crippen molar-refractivity contribution >= 4 is 21.8 Å². The summed E-state index contributed by atoms with van der Waals surface area (Å²) in [5.74, 6) is 1.83. The van der Waals surface area contributed by atoms with Gasteiger partial charge in [-0.05, 0) is 74.1 Å². The number of carbonyl (C=O) groups is 1. The van der Waals surface area contributed by atoms with Gasteiger partial charge in [0.25, 0.3) is 0 Å². The van der Waals surface area contributed by atoms with Crippen molar-refractivity contribution in [2.45, 2.75) is 45.1 Å². The maximum absolute atomic E-state index is 13.4. The number of hydrogen-bond donors (Lipinski definition) is 0. The summed E-state index contributed by atoms with van der Waals surface area (Å²) >= 11 is 3.48. The molecule has 2 aliphatic rings. The summed E-state index contributed by atoms with van der Waals surface area (Å²) in [6.07, 6.45) is 2.72. The van der Waals surface area contributed by atoms with E-state index in [1.807, 2.05) is 30.9 Å². The molecule has 0 aromatic heterocycles. The van der Waals surface area contributed by atoms with Crippen LogP contribution in [0.5, 0.6) is 11.5 Å². The van der Waals surface area contributed by atoms with Crippen molar-refractivity contribution in [3.63, 3.8) is 0 Å². The molecule has 1 fully saturated rings. The highest BCUT2D eigenvalue weighted by molar-refractivity contribution is 9.10. The van der Waals surface area contributed by atoms with Crippen LogP contribution >= 0.6 is 15.9 Å². The molecule has 1 heterocycles. The smallest absolute Gasteiger partial charge is 0.233 e. The molecule has 5 heteroatoms. The molecule has 0 radical (unpaired) electrons. The maximum atomic E-state index is 13.4. The largest absolute Gasteiger partial charge is 0.490 e. The predicted octanol–water partition coefficient (Wildman–Crippen LogP) is 4.86. The van der Waals surface area contributed by atoms with Gasteiger partial charge in [0.05, 0.1) is 18.6 Å². The molecular formula is C23H26BrNO3. The third-order valence-electron chi connectivity index (χ3n) is 5.72. The lowest BCUT2D eigenvalue weighted by atomic mass is 9.92. The fourth-order valence-corrected chi connectivity index (χ4v) is 4.36. The molecule has 1 aliphatic heterocycles. The number of rotatable bonds is 6. The highest BCUT2D eigenvalue weighted by Gasteiger charge is 2.53. The average molecular weight is 444 g/mol. The predicted molar refractivity (Wildman–Crippen MR) is 113 cm³/mol. The highest BCUT2D eigenvalue weighted by atomic mass is 79.9. The fourth-order valence-electron chi connectivity index (χ4n) is 4.10.